The molecule has 14 heavy (non-hydrogen) atoms. The highest BCUT2D eigenvalue weighted by molar-refractivity contribution is 8.77. The van der Waals surface area contributed by atoms with Crippen LogP contribution in [0.5, 0.6) is 0 Å². The van der Waals surface area contributed by atoms with Gasteiger partial charge in [-0.15, -0.1) is 0 Å². The summed E-state index contributed by atoms with van der Waals surface area (Å²) in [7, 11) is 2.94. The van der Waals surface area contributed by atoms with Crippen LogP contribution >= 0.6 is 21.8 Å². The number of nitrogens with one attached hydrogen (secondary N) is 2. The molecule has 2 N–H and O–H groups in total. The maximum Gasteiger partial charge on any atom is 0.273 e. The second-order valence-electron chi connectivity index (χ2n) is 2.63. The number of para-hydroxylation sites is 1. The Kier molecular flexibility index (Phi) is 3.00. The molecule has 0 saturated heterocycles. The summed E-state index contributed by atoms with van der Waals surface area (Å²) in [6, 6.07) is 9.39. The molecule has 0 aromatic heterocycles. The maximum atomic E-state index is 11.5. The van der Waals surface area contributed by atoms with Gasteiger partial charge in [0.2, 0.25) is 0 Å². The second-order valence-corrected chi connectivity index (χ2v) is 4.51. The molecule has 5 heteroatoms. The minimum Gasteiger partial charge on any atom is -0.321 e. The number of amides is 1. The summed E-state index contributed by atoms with van der Waals surface area (Å²) < 4.78 is 2.91. The third kappa shape index (κ3) is 2.24. The van der Waals surface area contributed by atoms with Crippen LogP contribution in [0.15, 0.2) is 41.4 Å². The average molecular weight is 224 g/mol. The molecule has 1 heterocycles. The Morgan fingerprint density at radius 1 is 1.29 bits per heavy atom. The van der Waals surface area contributed by atoms with Crippen LogP contribution in [0, 0.1) is 0 Å². The molecule has 0 radical (unpaired) electrons. The summed E-state index contributed by atoms with van der Waals surface area (Å²) in [5, 5.41) is 4.58. The van der Waals surface area contributed by atoms with Crippen molar-refractivity contribution in [3.63, 3.8) is 0 Å². The maximum absolute atomic E-state index is 11.5. The van der Waals surface area contributed by atoms with E-state index in [0.717, 1.165) is 5.69 Å². The highest BCUT2D eigenvalue weighted by atomic mass is 33.1. The van der Waals surface area contributed by atoms with E-state index in [2.05, 4.69) is 10.0 Å². The predicted molar refractivity (Wildman–Crippen MR) is 61.5 cm³/mol. The first kappa shape index (κ1) is 9.48. The van der Waals surface area contributed by atoms with Gasteiger partial charge in [0.25, 0.3) is 5.91 Å². The van der Waals surface area contributed by atoms with Crippen LogP contribution < -0.4 is 10.0 Å². The summed E-state index contributed by atoms with van der Waals surface area (Å²) in [6.07, 6.45) is 0. The fraction of sp³-hybridized carbons (Fsp3) is 0. The van der Waals surface area contributed by atoms with E-state index in [0.29, 0.717) is 5.70 Å². The van der Waals surface area contributed by atoms with Gasteiger partial charge in [-0.2, -0.15) is 0 Å². The summed E-state index contributed by atoms with van der Waals surface area (Å²) >= 11 is 0. The number of hydrogen-bond acceptors (Lipinski definition) is 4. The van der Waals surface area contributed by atoms with Crippen molar-refractivity contribution in [2.24, 2.45) is 0 Å². The molecule has 0 bridgehead atoms. The normalized spacial score (nSPS) is 14.4. The number of hydrogen-bond donors (Lipinski definition) is 2. The zero-order valence-electron chi connectivity index (χ0n) is 7.19. The van der Waals surface area contributed by atoms with Crippen molar-refractivity contribution in [2.75, 3.05) is 5.32 Å². The molecule has 0 atom stereocenters. The summed E-state index contributed by atoms with van der Waals surface area (Å²) in [4.78, 5) is 11.5. The summed E-state index contributed by atoms with van der Waals surface area (Å²) in [6.45, 7) is 0. The molecule has 1 aromatic rings. The largest absolute Gasteiger partial charge is 0.321 e. The van der Waals surface area contributed by atoms with Crippen molar-refractivity contribution >= 4 is 33.4 Å². The van der Waals surface area contributed by atoms with Crippen molar-refractivity contribution in [3.8, 4) is 0 Å². The first-order chi connectivity index (χ1) is 6.86. The molecule has 1 aliphatic rings. The molecular formula is C9H8N2OS2. The van der Waals surface area contributed by atoms with E-state index in [9.17, 15) is 4.79 Å². The molecular weight excluding hydrogens is 216 g/mol. The van der Waals surface area contributed by atoms with Crippen LogP contribution in [-0.2, 0) is 4.79 Å². The van der Waals surface area contributed by atoms with Crippen LogP contribution in [-0.4, -0.2) is 5.91 Å². The lowest BCUT2D eigenvalue weighted by Crippen LogP contribution is -2.19. The molecule has 0 saturated carbocycles. The highest BCUT2D eigenvalue weighted by Gasteiger charge is 2.13. The second kappa shape index (κ2) is 4.43. The van der Waals surface area contributed by atoms with Crippen LogP contribution in [0.25, 0.3) is 0 Å². The zero-order valence-corrected chi connectivity index (χ0v) is 8.82. The fourth-order valence-corrected chi connectivity index (χ4v) is 2.51. The number of rotatable bonds is 2. The van der Waals surface area contributed by atoms with Crippen molar-refractivity contribution in [2.45, 2.75) is 0 Å². The number of carbonyl (C=O) groups is 1. The Hall–Kier alpha value is -1.07. The van der Waals surface area contributed by atoms with Gasteiger partial charge < -0.3 is 10.0 Å². The molecule has 1 aromatic carbocycles. The molecule has 0 fully saturated rings. The van der Waals surface area contributed by atoms with Gasteiger partial charge >= 0.3 is 0 Å². The molecule has 2 rings (SSSR count). The lowest BCUT2D eigenvalue weighted by atomic mass is 10.3. The minimum absolute atomic E-state index is 0.103. The van der Waals surface area contributed by atoms with Crippen molar-refractivity contribution < 1.29 is 4.79 Å². The van der Waals surface area contributed by atoms with E-state index in [1.165, 1.54) is 21.8 Å². The monoisotopic (exact) mass is 224 g/mol. The SMILES string of the molecule is O=C(Nc1ccccc1)C1=CSSN1. The summed E-state index contributed by atoms with van der Waals surface area (Å²) in [5.41, 5.74) is 1.41. The highest BCUT2D eigenvalue weighted by Crippen LogP contribution is 2.28. The van der Waals surface area contributed by atoms with E-state index in [-0.39, 0.29) is 5.91 Å². The minimum atomic E-state index is -0.103. The Balaban J connectivity index is 2.01. The van der Waals surface area contributed by atoms with Gasteiger partial charge in [-0.05, 0) is 22.9 Å². The average Bonchev–Trinajstić information content (AvgIpc) is 2.72. The van der Waals surface area contributed by atoms with E-state index in [1.54, 1.807) is 5.41 Å². The van der Waals surface area contributed by atoms with E-state index >= 15 is 0 Å². The van der Waals surface area contributed by atoms with Gasteiger partial charge in [-0.3, -0.25) is 4.79 Å². The van der Waals surface area contributed by atoms with Crippen LogP contribution in [0.4, 0.5) is 5.69 Å². The van der Waals surface area contributed by atoms with E-state index < -0.39 is 0 Å². The van der Waals surface area contributed by atoms with Crippen LogP contribution in [0.3, 0.4) is 0 Å². The van der Waals surface area contributed by atoms with Crippen LogP contribution in [0.2, 0.25) is 0 Å². The first-order valence-electron chi connectivity index (χ1n) is 4.01. The Bertz CT molecular complexity index is 364. The lowest BCUT2D eigenvalue weighted by Gasteiger charge is -2.04. The van der Waals surface area contributed by atoms with Gasteiger partial charge in [0.15, 0.2) is 0 Å². The Labute approximate surface area is 89.9 Å². The predicted octanol–water partition coefficient (Wildman–Crippen LogP) is 2.37. The Morgan fingerprint density at radius 2 is 2.07 bits per heavy atom. The smallest absolute Gasteiger partial charge is 0.273 e. The third-order valence-electron chi connectivity index (χ3n) is 1.64. The van der Waals surface area contributed by atoms with Gasteiger partial charge in [-0.25, -0.2) is 0 Å². The van der Waals surface area contributed by atoms with E-state index in [4.69, 9.17) is 0 Å². The van der Waals surface area contributed by atoms with Crippen molar-refractivity contribution in [3.05, 3.63) is 41.4 Å². The molecule has 0 aliphatic carbocycles. The molecule has 1 amide bonds. The van der Waals surface area contributed by atoms with Gasteiger partial charge in [-0.1, -0.05) is 18.2 Å². The molecule has 3 nitrogen and oxygen atoms in total. The molecule has 1 aliphatic heterocycles. The number of carbonyl (C=O) groups excluding carboxylic acids is 1. The van der Waals surface area contributed by atoms with Gasteiger partial charge in [0.1, 0.15) is 5.70 Å². The van der Waals surface area contributed by atoms with E-state index in [1.807, 2.05) is 30.3 Å². The topological polar surface area (TPSA) is 41.1 Å². The first-order valence-corrected chi connectivity index (χ1v) is 6.22. The molecule has 0 unspecified atom stereocenters. The van der Waals surface area contributed by atoms with Crippen molar-refractivity contribution in [1.29, 1.82) is 0 Å². The lowest BCUT2D eigenvalue weighted by molar-refractivity contribution is -0.113. The Morgan fingerprint density at radius 3 is 2.71 bits per heavy atom. The molecule has 72 valence electrons. The third-order valence-corrected chi connectivity index (χ3v) is 3.20. The zero-order chi connectivity index (χ0) is 9.80. The van der Waals surface area contributed by atoms with Crippen molar-refractivity contribution in [1.82, 2.24) is 4.72 Å². The molecule has 0 spiro atoms. The van der Waals surface area contributed by atoms with Crippen LogP contribution in [0.1, 0.15) is 0 Å². The van der Waals surface area contributed by atoms with Gasteiger partial charge in [0.05, 0.1) is 0 Å². The number of anilines is 1. The number of benzene rings is 1. The fourth-order valence-electron chi connectivity index (χ4n) is 0.985. The summed E-state index contributed by atoms with van der Waals surface area (Å²) in [5.74, 6) is -0.103. The van der Waals surface area contributed by atoms with Gasteiger partial charge in [0, 0.05) is 22.1 Å². The standard InChI is InChI=1S/C9H8N2OS2/c12-9(8-6-13-14-11-8)10-7-4-2-1-3-5-7/h1-6,11H,(H,10,12). The quantitative estimate of drug-likeness (QED) is 0.597.